The van der Waals surface area contributed by atoms with E-state index >= 15 is 0 Å². The Balaban J connectivity index is 2.01. The van der Waals surface area contributed by atoms with Gasteiger partial charge in [-0.2, -0.15) is 0 Å². The SMILES string of the molecule is CCCNCc1cc(C)ccc1N1CCN(CCO)CC1. The number of piperazine rings is 1. The largest absolute Gasteiger partial charge is 0.395 e. The molecule has 0 unspecified atom stereocenters. The molecule has 0 aliphatic carbocycles. The Labute approximate surface area is 128 Å². The van der Waals surface area contributed by atoms with Crippen LogP contribution in [0.1, 0.15) is 24.5 Å². The zero-order chi connectivity index (χ0) is 15.1. The molecule has 0 bridgehead atoms. The van der Waals surface area contributed by atoms with Crippen LogP contribution in [0.5, 0.6) is 0 Å². The van der Waals surface area contributed by atoms with E-state index in [2.05, 4.69) is 47.2 Å². The summed E-state index contributed by atoms with van der Waals surface area (Å²) in [6.07, 6.45) is 1.17. The van der Waals surface area contributed by atoms with E-state index in [1.54, 1.807) is 0 Å². The molecular weight excluding hydrogens is 262 g/mol. The summed E-state index contributed by atoms with van der Waals surface area (Å²) in [5.41, 5.74) is 4.10. The number of nitrogens with zero attached hydrogens (tertiary/aromatic N) is 2. The Morgan fingerprint density at radius 1 is 1.19 bits per heavy atom. The molecule has 118 valence electrons. The summed E-state index contributed by atoms with van der Waals surface area (Å²) in [6, 6.07) is 6.77. The molecule has 0 radical (unpaired) electrons. The van der Waals surface area contributed by atoms with Crippen LogP contribution in [0.15, 0.2) is 18.2 Å². The van der Waals surface area contributed by atoms with Crippen LogP contribution in [0.3, 0.4) is 0 Å². The Bertz CT molecular complexity index is 428. The molecule has 4 heteroatoms. The molecular formula is C17H29N3O. The first-order valence-corrected chi connectivity index (χ1v) is 8.13. The molecule has 0 atom stereocenters. The van der Waals surface area contributed by atoms with E-state index in [1.807, 2.05) is 0 Å². The minimum absolute atomic E-state index is 0.261. The average molecular weight is 291 g/mol. The van der Waals surface area contributed by atoms with Crippen molar-refractivity contribution in [2.24, 2.45) is 0 Å². The van der Waals surface area contributed by atoms with Crippen LogP contribution in [-0.2, 0) is 6.54 Å². The third-order valence-electron chi connectivity index (χ3n) is 4.11. The lowest BCUT2D eigenvalue weighted by Gasteiger charge is -2.37. The van der Waals surface area contributed by atoms with E-state index in [1.165, 1.54) is 23.2 Å². The molecule has 0 aromatic heterocycles. The van der Waals surface area contributed by atoms with E-state index in [9.17, 15) is 0 Å². The van der Waals surface area contributed by atoms with Crippen molar-refractivity contribution < 1.29 is 5.11 Å². The maximum absolute atomic E-state index is 9.03. The van der Waals surface area contributed by atoms with Gasteiger partial charge in [0.2, 0.25) is 0 Å². The molecule has 1 fully saturated rings. The van der Waals surface area contributed by atoms with Crippen molar-refractivity contribution in [2.75, 3.05) is 50.8 Å². The number of nitrogens with one attached hydrogen (secondary N) is 1. The topological polar surface area (TPSA) is 38.7 Å². The Kier molecular flexibility index (Phi) is 6.49. The fourth-order valence-corrected chi connectivity index (χ4v) is 2.92. The third-order valence-corrected chi connectivity index (χ3v) is 4.11. The van der Waals surface area contributed by atoms with Crippen LogP contribution in [0.4, 0.5) is 5.69 Å². The number of anilines is 1. The molecule has 0 spiro atoms. The summed E-state index contributed by atoms with van der Waals surface area (Å²) in [5, 5.41) is 12.6. The number of aliphatic hydroxyl groups excluding tert-OH is 1. The third kappa shape index (κ3) is 4.70. The van der Waals surface area contributed by atoms with E-state index in [0.29, 0.717) is 0 Å². The van der Waals surface area contributed by atoms with Gasteiger partial charge in [-0.25, -0.2) is 0 Å². The number of aryl methyl sites for hydroxylation is 1. The van der Waals surface area contributed by atoms with Gasteiger partial charge in [-0.3, -0.25) is 4.90 Å². The van der Waals surface area contributed by atoms with Crippen LogP contribution < -0.4 is 10.2 Å². The molecule has 21 heavy (non-hydrogen) atoms. The number of hydrogen-bond acceptors (Lipinski definition) is 4. The summed E-state index contributed by atoms with van der Waals surface area (Å²) in [5.74, 6) is 0. The quantitative estimate of drug-likeness (QED) is 0.749. The van der Waals surface area contributed by atoms with Crippen LogP contribution in [0, 0.1) is 6.92 Å². The second-order valence-corrected chi connectivity index (χ2v) is 5.86. The van der Waals surface area contributed by atoms with Crippen LogP contribution >= 0.6 is 0 Å². The summed E-state index contributed by atoms with van der Waals surface area (Å²) in [7, 11) is 0. The number of aliphatic hydroxyl groups is 1. The van der Waals surface area contributed by atoms with Crippen molar-refractivity contribution >= 4 is 5.69 Å². The predicted molar refractivity (Wildman–Crippen MR) is 88.9 cm³/mol. The highest BCUT2D eigenvalue weighted by molar-refractivity contribution is 5.55. The van der Waals surface area contributed by atoms with Gasteiger partial charge in [-0.1, -0.05) is 24.6 Å². The van der Waals surface area contributed by atoms with E-state index < -0.39 is 0 Å². The van der Waals surface area contributed by atoms with Crippen molar-refractivity contribution in [1.29, 1.82) is 0 Å². The summed E-state index contributed by atoms with van der Waals surface area (Å²) >= 11 is 0. The highest BCUT2D eigenvalue weighted by atomic mass is 16.3. The predicted octanol–water partition coefficient (Wildman–Crippen LogP) is 1.61. The molecule has 0 saturated carbocycles. The second-order valence-electron chi connectivity index (χ2n) is 5.86. The summed E-state index contributed by atoms with van der Waals surface area (Å²) < 4.78 is 0. The fraction of sp³-hybridized carbons (Fsp3) is 0.647. The molecule has 1 aliphatic rings. The van der Waals surface area contributed by atoms with E-state index in [0.717, 1.165) is 45.8 Å². The number of rotatable bonds is 7. The molecule has 1 aliphatic heterocycles. The maximum atomic E-state index is 9.03. The number of hydrogen-bond donors (Lipinski definition) is 2. The molecule has 1 heterocycles. The Morgan fingerprint density at radius 2 is 1.95 bits per heavy atom. The monoisotopic (exact) mass is 291 g/mol. The normalized spacial score (nSPS) is 16.4. The average Bonchev–Trinajstić information content (AvgIpc) is 2.49. The fourth-order valence-electron chi connectivity index (χ4n) is 2.92. The van der Waals surface area contributed by atoms with Crippen LogP contribution in [0.2, 0.25) is 0 Å². The van der Waals surface area contributed by atoms with Gasteiger partial charge < -0.3 is 15.3 Å². The first-order valence-electron chi connectivity index (χ1n) is 8.13. The van der Waals surface area contributed by atoms with Gasteiger partial charge >= 0.3 is 0 Å². The zero-order valence-electron chi connectivity index (χ0n) is 13.4. The first kappa shape index (κ1) is 16.3. The molecule has 1 aromatic carbocycles. The molecule has 0 amide bonds. The number of β-amino-alcohol motifs (C(OH)–C–C–N with tert-alkyl or cyclic N) is 1. The van der Waals surface area contributed by atoms with Gasteiger partial charge in [0.1, 0.15) is 0 Å². The zero-order valence-corrected chi connectivity index (χ0v) is 13.4. The standard InChI is InChI=1S/C17H29N3O/c1-3-6-18-14-16-13-15(2)4-5-17(16)20-9-7-19(8-10-20)11-12-21/h4-5,13,18,21H,3,6-12,14H2,1-2H3. The van der Waals surface area contributed by atoms with Gasteiger partial charge in [-0.15, -0.1) is 0 Å². The lowest BCUT2D eigenvalue weighted by molar-refractivity contribution is 0.188. The minimum Gasteiger partial charge on any atom is -0.395 e. The molecule has 1 saturated heterocycles. The second kappa shape index (κ2) is 8.37. The van der Waals surface area contributed by atoms with Crippen LogP contribution in [-0.4, -0.2) is 55.9 Å². The lowest BCUT2D eigenvalue weighted by Crippen LogP contribution is -2.47. The van der Waals surface area contributed by atoms with Crippen LogP contribution in [0.25, 0.3) is 0 Å². The first-order chi connectivity index (χ1) is 10.2. The highest BCUT2D eigenvalue weighted by Crippen LogP contribution is 2.23. The summed E-state index contributed by atoms with van der Waals surface area (Å²) in [6.45, 7) is 11.6. The lowest BCUT2D eigenvalue weighted by atomic mass is 10.1. The van der Waals surface area contributed by atoms with Crippen molar-refractivity contribution in [3.8, 4) is 0 Å². The van der Waals surface area contributed by atoms with Crippen molar-refractivity contribution in [3.05, 3.63) is 29.3 Å². The highest BCUT2D eigenvalue weighted by Gasteiger charge is 2.18. The Hall–Kier alpha value is -1.10. The van der Waals surface area contributed by atoms with Crippen molar-refractivity contribution in [3.63, 3.8) is 0 Å². The van der Waals surface area contributed by atoms with Gasteiger partial charge in [0.05, 0.1) is 6.61 Å². The molecule has 2 N–H and O–H groups in total. The van der Waals surface area contributed by atoms with E-state index in [4.69, 9.17) is 5.11 Å². The number of benzene rings is 1. The van der Waals surface area contributed by atoms with Gasteiger partial charge in [0.25, 0.3) is 0 Å². The van der Waals surface area contributed by atoms with Gasteiger partial charge in [-0.05, 0) is 31.5 Å². The van der Waals surface area contributed by atoms with Crippen molar-refractivity contribution in [2.45, 2.75) is 26.8 Å². The van der Waals surface area contributed by atoms with E-state index in [-0.39, 0.29) is 6.61 Å². The minimum atomic E-state index is 0.261. The maximum Gasteiger partial charge on any atom is 0.0558 e. The smallest absolute Gasteiger partial charge is 0.0558 e. The molecule has 1 aromatic rings. The summed E-state index contributed by atoms with van der Waals surface area (Å²) in [4.78, 5) is 4.82. The van der Waals surface area contributed by atoms with Gasteiger partial charge in [0.15, 0.2) is 0 Å². The Morgan fingerprint density at radius 3 is 2.62 bits per heavy atom. The molecule has 2 rings (SSSR count). The van der Waals surface area contributed by atoms with Gasteiger partial charge in [0, 0.05) is 45.0 Å². The molecule has 4 nitrogen and oxygen atoms in total. The van der Waals surface area contributed by atoms with Crippen molar-refractivity contribution in [1.82, 2.24) is 10.2 Å².